The number of pyridine rings is 1. The number of aromatic nitrogens is 1. The smallest absolute Gasteiger partial charge is 0.296 e. The van der Waals surface area contributed by atoms with Crippen molar-refractivity contribution in [2.75, 3.05) is 11.8 Å². The van der Waals surface area contributed by atoms with Gasteiger partial charge in [-0.25, -0.2) is 9.53 Å². The van der Waals surface area contributed by atoms with Gasteiger partial charge in [-0.15, -0.1) is 0 Å². The Balaban J connectivity index is 1.93. The van der Waals surface area contributed by atoms with Crippen LogP contribution in [0.3, 0.4) is 0 Å². The highest BCUT2D eigenvalue weighted by Crippen LogP contribution is 2.32. The van der Waals surface area contributed by atoms with E-state index in [0.717, 1.165) is 6.07 Å². The fraction of sp³-hybridized carbons (Fsp3) is 0.0625. The minimum absolute atomic E-state index is 0.00308. The Morgan fingerprint density at radius 2 is 1.92 bits per heavy atom. The first kappa shape index (κ1) is 16.9. The van der Waals surface area contributed by atoms with E-state index in [1.807, 2.05) is 4.72 Å². The number of hydrogen-bond donors (Lipinski definition) is 2. The van der Waals surface area contributed by atoms with E-state index < -0.39 is 16.0 Å². The monoisotopic (exact) mass is 363 g/mol. The van der Waals surface area contributed by atoms with Crippen molar-refractivity contribution in [3.8, 4) is 17.2 Å². The molecule has 130 valence electrons. The Morgan fingerprint density at radius 1 is 1.12 bits per heavy atom. The second-order valence-electron chi connectivity index (χ2n) is 5.09. The molecule has 1 heterocycles. The Bertz CT molecular complexity index is 1040. The molecule has 3 aromatic rings. The summed E-state index contributed by atoms with van der Waals surface area (Å²) >= 11 is 0. The van der Waals surface area contributed by atoms with Crippen molar-refractivity contribution in [3.05, 3.63) is 54.5 Å². The van der Waals surface area contributed by atoms with Gasteiger partial charge in [-0.3, -0.25) is 9.71 Å². The maximum atomic E-state index is 14.2. The summed E-state index contributed by atoms with van der Waals surface area (Å²) in [5.41, 5.74) is 0.626. The first-order chi connectivity index (χ1) is 11.9. The molecule has 0 saturated carbocycles. The molecule has 3 N–H and O–H groups in total. The molecule has 25 heavy (non-hydrogen) atoms. The predicted octanol–water partition coefficient (Wildman–Crippen LogP) is 2.79. The number of nitrogens with one attached hydrogen (secondary N) is 1. The van der Waals surface area contributed by atoms with Crippen molar-refractivity contribution < 1.29 is 22.3 Å². The average Bonchev–Trinajstić information content (AvgIpc) is 2.55. The second kappa shape index (κ2) is 6.54. The maximum absolute atomic E-state index is 14.2. The third-order valence-electron chi connectivity index (χ3n) is 3.32. The van der Waals surface area contributed by atoms with Crippen molar-refractivity contribution in [1.29, 1.82) is 0 Å². The number of nitrogens with zero attached hydrogens (tertiary/aromatic N) is 1. The SMILES string of the molecule is COc1ccc2c(Oc3ccc(NS(N)(=O)=O)cc3F)ccnc2c1. The standard InChI is InChI=1S/C16H14FN3O4S/c1-23-11-3-4-12-14(9-11)19-7-6-15(12)24-16-5-2-10(8-13(16)17)20-25(18,21)22/h2-9,20H,1H3,(H2,18,21,22). The molecule has 0 unspecified atom stereocenters. The highest BCUT2D eigenvalue weighted by atomic mass is 32.2. The predicted molar refractivity (Wildman–Crippen MR) is 91.5 cm³/mol. The average molecular weight is 363 g/mol. The lowest BCUT2D eigenvalue weighted by Crippen LogP contribution is -2.21. The van der Waals surface area contributed by atoms with Crippen LogP contribution in [0, 0.1) is 5.82 Å². The number of nitrogens with two attached hydrogens (primary N) is 1. The van der Waals surface area contributed by atoms with E-state index in [1.165, 1.54) is 18.3 Å². The normalized spacial score (nSPS) is 11.3. The van der Waals surface area contributed by atoms with Crippen LogP contribution < -0.4 is 19.3 Å². The number of fused-ring (bicyclic) bond motifs is 1. The summed E-state index contributed by atoms with van der Waals surface area (Å²) in [5.74, 6) is 0.232. The highest BCUT2D eigenvalue weighted by Gasteiger charge is 2.11. The molecule has 0 fully saturated rings. The first-order valence-corrected chi connectivity index (χ1v) is 8.61. The molecular formula is C16H14FN3O4S. The Morgan fingerprint density at radius 3 is 2.60 bits per heavy atom. The van der Waals surface area contributed by atoms with Gasteiger partial charge in [-0.2, -0.15) is 8.42 Å². The van der Waals surface area contributed by atoms with E-state index >= 15 is 0 Å². The Kier molecular flexibility index (Phi) is 4.43. The second-order valence-corrected chi connectivity index (χ2v) is 6.38. The van der Waals surface area contributed by atoms with Crippen molar-refractivity contribution in [1.82, 2.24) is 4.98 Å². The summed E-state index contributed by atoms with van der Waals surface area (Å²) in [4.78, 5) is 4.22. The first-order valence-electron chi connectivity index (χ1n) is 7.06. The van der Waals surface area contributed by atoms with Crippen LogP contribution in [0.4, 0.5) is 10.1 Å². The summed E-state index contributed by atoms with van der Waals surface area (Å²) in [6.45, 7) is 0. The van der Waals surface area contributed by atoms with Gasteiger partial charge in [-0.1, -0.05) is 0 Å². The summed E-state index contributed by atoms with van der Waals surface area (Å²) in [6, 6.07) is 10.5. The van der Waals surface area contributed by atoms with Gasteiger partial charge in [-0.05, 0) is 30.3 Å². The van der Waals surface area contributed by atoms with Crippen molar-refractivity contribution in [3.63, 3.8) is 0 Å². The van der Waals surface area contributed by atoms with Crippen LogP contribution in [0.5, 0.6) is 17.2 Å². The van der Waals surface area contributed by atoms with Crippen LogP contribution in [-0.2, 0) is 10.2 Å². The van der Waals surface area contributed by atoms with Gasteiger partial charge in [0, 0.05) is 23.7 Å². The number of methoxy groups -OCH3 is 1. The molecule has 9 heteroatoms. The highest BCUT2D eigenvalue weighted by molar-refractivity contribution is 7.90. The maximum Gasteiger partial charge on any atom is 0.296 e. The largest absolute Gasteiger partial charge is 0.497 e. The van der Waals surface area contributed by atoms with E-state index in [1.54, 1.807) is 31.4 Å². The van der Waals surface area contributed by atoms with Crippen molar-refractivity contribution in [2.45, 2.75) is 0 Å². The van der Waals surface area contributed by atoms with Gasteiger partial charge in [0.25, 0.3) is 10.2 Å². The minimum Gasteiger partial charge on any atom is -0.497 e. The van der Waals surface area contributed by atoms with Crippen LogP contribution in [0.25, 0.3) is 10.9 Å². The lowest BCUT2D eigenvalue weighted by molar-refractivity contribution is 0.415. The molecule has 7 nitrogen and oxygen atoms in total. The van der Waals surface area contributed by atoms with Crippen molar-refractivity contribution >= 4 is 26.8 Å². The van der Waals surface area contributed by atoms with Gasteiger partial charge >= 0.3 is 0 Å². The Hall–Kier alpha value is -2.91. The zero-order valence-electron chi connectivity index (χ0n) is 13.1. The molecular weight excluding hydrogens is 349 g/mol. The number of rotatable bonds is 5. The van der Waals surface area contributed by atoms with E-state index in [2.05, 4.69) is 4.98 Å². The topological polar surface area (TPSA) is 104 Å². The molecule has 1 aromatic heterocycles. The third-order valence-corrected chi connectivity index (χ3v) is 3.84. The number of halogens is 1. The van der Waals surface area contributed by atoms with E-state index in [0.29, 0.717) is 22.4 Å². The molecule has 0 amide bonds. The summed E-state index contributed by atoms with van der Waals surface area (Å²) in [5, 5.41) is 5.53. The van der Waals surface area contributed by atoms with Crippen LogP contribution >= 0.6 is 0 Å². The molecule has 0 aliphatic heterocycles. The summed E-state index contributed by atoms with van der Waals surface area (Å²) < 4.78 is 48.9. The zero-order chi connectivity index (χ0) is 18.0. The molecule has 2 aromatic carbocycles. The quantitative estimate of drug-likeness (QED) is 0.725. The zero-order valence-corrected chi connectivity index (χ0v) is 13.9. The van der Waals surface area contributed by atoms with Gasteiger partial charge in [0.05, 0.1) is 18.3 Å². The molecule has 0 spiro atoms. The summed E-state index contributed by atoms with van der Waals surface area (Å²) in [6.07, 6.45) is 1.53. The number of ether oxygens (including phenoxy) is 2. The lowest BCUT2D eigenvalue weighted by atomic mass is 10.2. The van der Waals surface area contributed by atoms with E-state index in [9.17, 15) is 12.8 Å². The van der Waals surface area contributed by atoms with Gasteiger partial charge in [0.15, 0.2) is 11.6 Å². The molecule has 0 atom stereocenters. The fourth-order valence-electron chi connectivity index (χ4n) is 2.25. The van der Waals surface area contributed by atoms with E-state index in [-0.39, 0.29) is 11.4 Å². The third kappa shape index (κ3) is 3.95. The van der Waals surface area contributed by atoms with Crippen LogP contribution in [0.15, 0.2) is 48.7 Å². The number of benzene rings is 2. The van der Waals surface area contributed by atoms with E-state index in [4.69, 9.17) is 14.6 Å². The lowest BCUT2D eigenvalue weighted by Gasteiger charge is -2.11. The minimum atomic E-state index is -3.98. The molecule has 0 aliphatic rings. The van der Waals surface area contributed by atoms with Crippen molar-refractivity contribution in [2.24, 2.45) is 5.14 Å². The molecule has 0 saturated heterocycles. The van der Waals surface area contributed by atoms with Gasteiger partial charge in [0.2, 0.25) is 0 Å². The van der Waals surface area contributed by atoms with Crippen LogP contribution in [-0.4, -0.2) is 20.5 Å². The molecule has 0 radical (unpaired) electrons. The van der Waals surface area contributed by atoms with Crippen LogP contribution in [0.2, 0.25) is 0 Å². The van der Waals surface area contributed by atoms with Crippen LogP contribution in [0.1, 0.15) is 0 Å². The fourth-order valence-corrected chi connectivity index (χ4v) is 2.70. The molecule has 0 bridgehead atoms. The number of anilines is 1. The molecule has 0 aliphatic carbocycles. The number of hydrogen-bond acceptors (Lipinski definition) is 5. The summed E-state index contributed by atoms with van der Waals surface area (Å²) in [7, 11) is -2.43. The molecule has 3 rings (SSSR count). The van der Waals surface area contributed by atoms with Gasteiger partial charge < -0.3 is 9.47 Å². The Labute approximate surface area is 143 Å². The van der Waals surface area contributed by atoms with Gasteiger partial charge in [0.1, 0.15) is 11.5 Å².